The molecule has 1 aromatic carbocycles. The summed E-state index contributed by atoms with van der Waals surface area (Å²) >= 11 is 0. The third-order valence-electron chi connectivity index (χ3n) is 4.41. The molecule has 0 bridgehead atoms. The second-order valence-corrected chi connectivity index (χ2v) is 6.29. The molecule has 1 aromatic heterocycles. The van der Waals surface area contributed by atoms with Crippen molar-refractivity contribution in [2.75, 3.05) is 6.61 Å². The molecule has 1 amide bonds. The Bertz CT molecular complexity index is 749. The molecule has 2 aromatic rings. The summed E-state index contributed by atoms with van der Waals surface area (Å²) in [6.45, 7) is 6.58. The zero-order valence-electron chi connectivity index (χ0n) is 14.1. The first kappa shape index (κ1) is 15.6. The smallest absolute Gasteiger partial charge is 0.255 e. The molecule has 0 fully saturated rings. The third-order valence-corrected chi connectivity index (χ3v) is 4.41. The Kier molecular flexibility index (Phi) is 4.11. The normalized spacial score (nSPS) is 14.3. The van der Waals surface area contributed by atoms with E-state index in [4.69, 9.17) is 4.74 Å². The van der Waals surface area contributed by atoms with Crippen LogP contribution in [0.2, 0.25) is 0 Å². The lowest BCUT2D eigenvalue weighted by Gasteiger charge is -2.15. The van der Waals surface area contributed by atoms with E-state index in [2.05, 4.69) is 22.5 Å². The molecule has 5 nitrogen and oxygen atoms in total. The minimum atomic E-state index is -0.0508. The van der Waals surface area contributed by atoms with Crippen LogP contribution in [-0.2, 0) is 19.9 Å². The third kappa shape index (κ3) is 3.09. The number of carbonyl (C=O) groups excluding carboxylic acids is 1. The Morgan fingerprint density at radius 3 is 2.91 bits per heavy atom. The summed E-state index contributed by atoms with van der Waals surface area (Å²) < 4.78 is 7.28. The highest BCUT2D eigenvalue weighted by Gasteiger charge is 2.19. The molecular weight excluding hydrogens is 290 g/mol. The number of fused-ring (bicyclic) bond motifs is 1. The van der Waals surface area contributed by atoms with Gasteiger partial charge in [0.15, 0.2) is 0 Å². The molecule has 122 valence electrons. The van der Waals surface area contributed by atoms with Gasteiger partial charge in [-0.15, -0.1) is 0 Å². The molecule has 1 N–H and O–H groups in total. The number of carbonyl (C=O) groups is 1. The van der Waals surface area contributed by atoms with Gasteiger partial charge in [0.2, 0.25) is 0 Å². The summed E-state index contributed by atoms with van der Waals surface area (Å²) in [7, 11) is 1.86. The van der Waals surface area contributed by atoms with Crippen molar-refractivity contribution in [2.45, 2.75) is 39.7 Å². The lowest BCUT2D eigenvalue weighted by molar-refractivity contribution is 0.0939. The number of rotatable bonds is 4. The van der Waals surface area contributed by atoms with E-state index in [1.807, 2.05) is 33.9 Å². The van der Waals surface area contributed by atoms with E-state index in [9.17, 15) is 4.79 Å². The summed E-state index contributed by atoms with van der Waals surface area (Å²) in [6, 6.07) is 6.35. The highest BCUT2D eigenvalue weighted by atomic mass is 16.5. The van der Waals surface area contributed by atoms with Gasteiger partial charge in [0.25, 0.3) is 5.91 Å². The molecular formula is C18H23N3O2. The van der Waals surface area contributed by atoms with Gasteiger partial charge in [-0.1, -0.05) is 12.1 Å². The number of nitrogens with one attached hydrogen (secondary N) is 1. The van der Waals surface area contributed by atoms with Crippen molar-refractivity contribution in [1.29, 1.82) is 0 Å². The fourth-order valence-electron chi connectivity index (χ4n) is 3.17. The standard InChI is InChI=1S/C18H23N3O2/c1-11(9-14-5-6-16-15(10-14)7-8-23-16)19-18(22)17-12(2)20-21(4)13(17)3/h5-6,10-11H,7-9H2,1-4H3,(H,19,22). The van der Waals surface area contributed by atoms with Crippen LogP contribution in [0.25, 0.3) is 0 Å². The van der Waals surface area contributed by atoms with E-state index in [0.29, 0.717) is 5.56 Å². The zero-order valence-corrected chi connectivity index (χ0v) is 14.1. The van der Waals surface area contributed by atoms with Crippen molar-refractivity contribution >= 4 is 5.91 Å². The number of hydrogen-bond donors (Lipinski definition) is 1. The fraction of sp³-hybridized carbons (Fsp3) is 0.444. The minimum Gasteiger partial charge on any atom is -0.493 e. The fourth-order valence-corrected chi connectivity index (χ4v) is 3.17. The number of aryl methyl sites for hydroxylation is 2. The van der Waals surface area contributed by atoms with Crippen molar-refractivity contribution in [3.05, 3.63) is 46.3 Å². The van der Waals surface area contributed by atoms with Crippen LogP contribution in [0.15, 0.2) is 18.2 Å². The average Bonchev–Trinajstić information content (AvgIpc) is 3.03. The highest BCUT2D eigenvalue weighted by Crippen LogP contribution is 2.26. The highest BCUT2D eigenvalue weighted by molar-refractivity contribution is 5.96. The number of benzene rings is 1. The van der Waals surface area contributed by atoms with Crippen LogP contribution < -0.4 is 10.1 Å². The maximum atomic E-state index is 12.5. The first-order valence-electron chi connectivity index (χ1n) is 8.01. The monoisotopic (exact) mass is 313 g/mol. The molecule has 0 spiro atoms. The van der Waals surface area contributed by atoms with Crippen molar-refractivity contribution in [2.24, 2.45) is 7.05 Å². The van der Waals surface area contributed by atoms with Crippen LogP contribution >= 0.6 is 0 Å². The van der Waals surface area contributed by atoms with Crippen LogP contribution in [0.5, 0.6) is 5.75 Å². The maximum Gasteiger partial charge on any atom is 0.255 e. The van der Waals surface area contributed by atoms with Gasteiger partial charge >= 0.3 is 0 Å². The summed E-state index contributed by atoms with van der Waals surface area (Å²) in [6.07, 6.45) is 1.77. The predicted octanol–water partition coefficient (Wildman–Crippen LogP) is 2.33. The van der Waals surface area contributed by atoms with E-state index in [-0.39, 0.29) is 11.9 Å². The Balaban J connectivity index is 1.67. The van der Waals surface area contributed by atoms with Crippen LogP contribution in [-0.4, -0.2) is 28.3 Å². The van der Waals surface area contributed by atoms with Gasteiger partial charge < -0.3 is 10.1 Å². The first-order valence-corrected chi connectivity index (χ1v) is 8.01. The van der Waals surface area contributed by atoms with Gasteiger partial charge in [0.05, 0.1) is 17.9 Å². The molecule has 2 heterocycles. The van der Waals surface area contributed by atoms with Gasteiger partial charge in [-0.25, -0.2) is 0 Å². The second kappa shape index (κ2) is 6.07. The van der Waals surface area contributed by atoms with Crippen molar-refractivity contribution in [3.63, 3.8) is 0 Å². The van der Waals surface area contributed by atoms with Crippen LogP contribution in [0.4, 0.5) is 0 Å². The molecule has 5 heteroatoms. The summed E-state index contributed by atoms with van der Waals surface area (Å²) in [5.74, 6) is 0.942. The van der Waals surface area contributed by atoms with E-state index in [0.717, 1.165) is 36.6 Å². The zero-order chi connectivity index (χ0) is 16.6. The average molecular weight is 313 g/mol. The maximum absolute atomic E-state index is 12.5. The van der Waals surface area contributed by atoms with Crippen molar-refractivity contribution in [1.82, 2.24) is 15.1 Å². The van der Waals surface area contributed by atoms with E-state index < -0.39 is 0 Å². The quantitative estimate of drug-likeness (QED) is 0.942. The molecule has 1 aliphatic heterocycles. The topological polar surface area (TPSA) is 56.2 Å². The number of amides is 1. The molecule has 1 atom stereocenters. The van der Waals surface area contributed by atoms with Crippen molar-refractivity contribution in [3.8, 4) is 5.75 Å². The van der Waals surface area contributed by atoms with E-state index in [1.54, 1.807) is 4.68 Å². The molecule has 0 radical (unpaired) electrons. The molecule has 0 saturated carbocycles. The molecule has 3 rings (SSSR count). The number of hydrogen-bond acceptors (Lipinski definition) is 3. The largest absolute Gasteiger partial charge is 0.493 e. The Morgan fingerprint density at radius 2 is 2.22 bits per heavy atom. The van der Waals surface area contributed by atoms with Crippen LogP contribution in [0.1, 0.15) is 39.8 Å². The SMILES string of the molecule is Cc1nn(C)c(C)c1C(=O)NC(C)Cc1ccc2c(c1)CCO2. The first-order chi connectivity index (χ1) is 11.0. The lowest BCUT2D eigenvalue weighted by Crippen LogP contribution is -2.34. The summed E-state index contributed by atoms with van der Waals surface area (Å²) in [5.41, 5.74) is 4.83. The van der Waals surface area contributed by atoms with Crippen LogP contribution in [0.3, 0.4) is 0 Å². The van der Waals surface area contributed by atoms with E-state index in [1.165, 1.54) is 11.1 Å². The molecule has 0 aliphatic carbocycles. The van der Waals surface area contributed by atoms with Crippen molar-refractivity contribution < 1.29 is 9.53 Å². The number of ether oxygens (including phenoxy) is 1. The predicted molar refractivity (Wildman–Crippen MR) is 89.0 cm³/mol. The van der Waals surface area contributed by atoms with Gasteiger partial charge in [-0.2, -0.15) is 5.10 Å². The Hall–Kier alpha value is -2.30. The minimum absolute atomic E-state index is 0.0508. The van der Waals surface area contributed by atoms with Gasteiger partial charge in [0, 0.05) is 25.2 Å². The summed E-state index contributed by atoms with van der Waals surface area (Å²) in [4.78, 5) is 12.5. The second-order valence-electron chi connectivity index (χ2n) is 6.29. The van der Waals surface area contributed by atoms with Gasteiger partial charge in [-0.05, 0) is 44.4 Å². The Labute approximate surface area is 136 Å². The molecule has 1 unspecified atom stereocenters. The summed E-state index contributed by atoms with van der Waals surface area (Å²) in [5, 5.41) is 7.39. The van der Waals surface area contributed by atoms with Gasteiger partial charge in [-0.3, -0.25) is 9.48 Å². The van der Waals surface area contributed by atoms with Crippen LogP contribution in [0, 0.1) is 13.8 Å². The van der Waals surface area contributed by atoms with E-state index >= 15 is 0 Å². The molecule has 23 heavy (non-hydrogen) atoms. The lowest BCUT2D eigenvalue weighted by atomic mass is 10.0. The number of nitrogens with zero attached hydrogens (tertiary/aromatic N) is 2. The van der Waals surface area contributed by atoms with Gasteiger partial charge in [0.1, 0.15) is 5.75 Å². The molecule has 1 aliphatic rings. The number of aromatic nitrogens is 2. The molecule has 0 saturated heterocycles. The Morgan fingerprint density at radius 1 is 1.43 bits per heavy atom.